The topological polar surface area (TPSA) is 41.1 Å². The highest BCUT2D eigenvalue weighted by molar-refractivity contribution is 5.49. The molecular weight excluding hydrogens is 224 g/mol. The van der Waals surface area contributed by atoms with Crippen LogP contribution in [0.5, 0.6) is 0 Å². The second-order valence-electron chi connectivity index (χ2n) is 5.27. The predicted octanol–water partition coefficient (Wildman–Crippen LogP) is 2.95. The second kappa shape index (κ2) is 6.57. The normalized spacial score (nSPS) is 11.1. The van der Waals surface area contributed by atoms with Crippen molar-refractivity contribution in [2.45, 2.75) is 47.1 Å². The molecule has 0 amide bonds. The van der Waals surface area contributed by atoms with Crippen LogP contribution in [-0.4, -0.2) is 29.6 Å². The average Bonchev–Trinajstić information content (AvgIpc) is 2.34. The summed E-state index contributed by atoms with van der Waals surface area (Å²) < 4.78 is 0. The smallest absolute Gasteiger partial charge is 0.134 e. The molecule has 0 aliphatic heterocycles. The van der Waals surface area contributed by atoms with E-state index in [4.69, 9.17) is 0 Å². The van der Waals surface area contributed by atoms with Crippen molar-refractivity contribution in [3.05, 3.63) is 11.9 Å². The van der Waals surface area contributed by atoms with Gasteiger partial charge in [0.05, 0.1) is 0 Å². The highest BCUT2D eigenvalue weighted by Gasteiger charge is 2.15. The van der Waals surface area contributed by atoms with E-state index in [1.807, 2.05) is 13.1 Å². The Balaban J connectivity index is 3.09. The second-order valence-corrected chi connectivity index (χ2v) is 5.27. The lowest BCUT2D eigenvalue weighted by atomic mass is 10.2. The summed E-state index contributed by atoms with van der Waals surface area (Å²) in [5.41, 5.74) is 0. The number of hydrogen-bond acceptors (Lipinski definition) is 4. The molecule has 0 atom stereocenters. The van der Waals surface area contributed by atoms with Crippen molar-refractivity contribution >= 4 is 11.6 Å². The fourth-order valence-electron chi connectivity index (χ4n) is 1.88. The molecule has 18 heavy (non-hydrogen) atoms. The number of nitrogens with one attached hydrogen (secondary N) is 1. The Kier molecular flexibility index (Phi) is 5.38. The molecule has 4 heteroatoms. The molecule has 102 valence electrons. The summed E-state index contributed by atoms with van der Waals surface area (Å²) >= 11 is 0. The van der Waals surface area contributed by atoms with E-state index in [1.165, 1.54) is 0 Å². The first-order chi connectivity index (χ1) is 8.47. The Labute approximate surface area is 111 Å². The first-order valence-corrected chi connectivity index (χ1v) is 6.80. The first kappa shape index (κ1) is 14.7. The van der Waals surface area contributed by atoms with Crippen LogP contribution >= 0.6 is 0 Å². The highest BCUT2D eigenvalue weighted by Crippen LogP contribution is 2.19. The summed E-state index contributed by atoms with van der Waals surface area (Å²) in [5.74, 6) is 3.43. The van der Waals surface area contributed by atoms with Crippen LogP contribution in [-0.2, 0) is 6.42 Å². The predicted molar refractivity (Wildman–Crippen MR) is 78.3 cm³/mol. The number of hydrogen-bond donors (Lipinski definition) is 1. The molecule has 1 heterocycles. The molecule has 0 aliphatic carbocycles. The Bertz CT molecular complexity index is 352. The van der Waals surface area contributed by atoms with Crippen molar-refractivity contribution in [3.63, 3.8) is 0 Å². The molecule has 1 N–H and O–H groups in total. The minimum Gasteiger partial charge on any atom is -0.373 e. The Morgan fingerprint density at radius 3 is 2.33 bits per heavy atom. The number of aromatic nitrogens is 2. The lowest BCUT2D eigenvalue weighted by molar-refractivity contribution is 0.565. The van der Waals surface area contributed by atoms with Gasteiger partial charge in [0.1, 0.15) is 17.5 Å². The fraction of sp³-hybridized carbons (Fsp3) is 0.714. The van der Waals surface area contributed by atoms with Crippen LogP contribution in [0.25, 0.3) is 0 Å². The summed E-state index contributed by atoms with van der Waals surface area (Å²) in [6, 6.07) is 2.47. The fourth-order valence-corrected chi connectivity index (χ4v) is 1.88. The van der Waals surface area contributed by atoms with Crippen molar-refractivity contribution in [3.8, 4) is 0 Å². The van der Waals surface area contributed by atoms with E-state index >= 15 is 0 Å². The van der Waals surface area contributed by atoms with Crippen molar-refractivity contribution < 1.29 is 0 Å². The van der Waals surface area contributed by atoms with Crippen molar-refractivity contribution in [1.82, 2.24) is 9.97 Å². The monoisotopic (exact) mass is 250 g/mol. The highest BCUT2D eigenvalue weighted by atomic mass is 15.2. The van der Waals surface area contributed by atoms with Gasteiger partial charge in [0.15, 0.2) is 0 Å². The number of rotatable bonds is 6. The third-order valence-corrected chi connectivity index (χ3v) is 2.81. The minimum atomic E-state index is 0.441. The van der Waals surface area contributed by atoms with Gasteiger partial charge in [-0.2, -0.15) is 0 Å². The van der Waals surface area contributed by atoms with Gasteiger partial charge >= 0.3 is 0 Å². The van der Waals surface area contributed by atoms with Gasteiger partial charge in [0.2, 0.25) is 0 Å². The zero-order chi connectivity index (χ0) is 13.7. The summed E-state index contributed by atoms with van der Waals surface area (Å²) in [4.78, 5) is 11.4. The van der Waals surface area contributed by atoms with Crippen LogP contribution in [0.2, 0.25) is 0 Å². The van der Waals surface area contributed by atoms with Crippen LogP contribution in [0.4, 0.5) is 11.6 Å². The van der Waals surface area contributed by atoms with E-state index in [0.717, 1.165) is 30.4 Å². The number of aryl methyl sites for hydroxylation is 1. The number of nitrogens with zero attached hydrogens (tertiary/aromatic N) is 3. The van der Waals surface area contributed by atoms with Crippen molar-refractivity contribution in [2.24, 2.45) is 5.92 Å². The third kappa shape index (κ3) is 3.86. The zero-order valence-electron chi connectivity index (χ0n) is 12.5. The molecule has 1 rings (SSSR count). The summed E-state index contributed by atoms with van der Waals surface area (Å²) in [6.45, 7) is 12.0. The zero-order valence-corrected chi connectivity index (χ0v) is 12.5. The molecule has 0 aliphatic rings. The SMILES string of the molecule is CCc1nc(NC)cc(N(CC(C)C)C(C)C)n1. The average molecular weight is 250 g/mol. The summed E-state index contributed by atoms with van der Waals surface area (Å²) in [7, 11) is 1.90. The molecule has 1 aromatic heterocycles. The Morgan fingerprint density at radius 2 is 1.89 bits per heavy atom. The molecule has 4 nitrogen and oxygen atoms in total. The van der Waals surface area contributed by atoms with Gasteiger partial charge in [-0.15, -0.1) is 0 Å². The molecule has 0 fully saturated rings. The van der Waals surface area contributed by atoms with Crippen LogP contribution in [0.15, 0.2) is 6.07 Å². The lowest BCUT2D eigenvalue weighted by Crippen LogP contribution is -2.35. The van der Waals surface area contributed by atoms with Crippen LogP contribution in [0.3, 0.4) is 0 Å². The third-order valence-electron chi connectivity index (χ3n) is 2.81. The standard InChI is InChI=1S/C14H26N4/c1-7-12-16-13(15-6)8-14(17-12)18(11(4)5)9-10(2)3/h8,10-11H,7,9H2,1-6H3,(H,15,16,17). The van der Waals surface area contributed by atoms with E-state index in [2.05, 4.69) is 54.8 Å². The lowest BCUT2D eigenvalue weighted by Gasteiger charge is -2.30. The molecule has 0 radical (unpaired) electrons. The molecule has 0 unspecified atom stereocenters. The Hall–Kier alpha value is -1.32. The largest absolute Gasteiger partial charge is 0.373 e. The molecular formula is C14H26N4. The molecule has 0 aromatic carbocycles. The van der Waals surface area contributed by atoms with Gasteiger partial charge in [-0.1, -0.05) is 20.8 Å². The van der Waals surface area contributed by atoms with Crippen LogP contribution in [0.1, 0.15) is 40.4 Å². The first-order valence-electron chi connectivity index (χ1n) is 6.80. The van der Waals surface area contributed by atoms with Crippen LogP contribution < -0.4 is 10.2 Å². The molecule has 0 bridgehead atoms. The van der Waals surface area contributed by atoms with Gasteiger partial charge < -0.3 is 10.2 Å². The van der Waals surface area contributed by atoms with E-state index in [9.17, 15) is 0 Å². The maximum atomic E-state index is 4.65. The van der Waals surface area contributed by atoms with Crippen molar-refractivity contribution in [1.29, 1.82) is 0 Å². The Morgan fingerprint density at radius 1 is 1.22 bits per heavy atom. The van der Waals surface area contributed by atoms with Gasteiger partial charge in [0.25, 0.3) is 0 Å². The van der Waals surface area contributed by atoms with E-state index in [-0.39, 0.29) is 0 Å². The van der Waals surface area contributed by atoms with E-state index < -0.39 is 0 Å². The van der Waals surface area contributed by atoms with Crippen LogP contribution in [0, 0.1) is 5.92 Å². The summed E-state index contributed by atoms with van der Waals surface area (Å²) in [6.07, 6.45) is 0.857. The van der Waals surface area contributed by atoms with Gasteiger partial charge in [0, 0.05) is 32.1 Å². The minimum absolute atomic E-state index is 0.441. The molecule has 1 aromatic rings. The summed E-state index contributed by atoms with van der Waals surface area (Å²) in [5, 5.41) is 3.11. The number of anilines is 2. The maximum absolute atomic E-state index is 4.65. The molecule has 0 spiro atoms. The van der Waals surface area contributed by atoms with E-state index in [0.29, 0.717) is 12.0 Å². The molecule has 0 saturated heterocycles. The van der Waals surface area contributed by atoms with E-state index in [1.54, 1.807) is 0 Å². The maximum Gasteiger partial charge on any atom is 0.134 e. The van der Waals surface area contributed by atoms with Crippen molar-refractivity contribution in [2.75, 3.05) is 23.8 Å². The van der Waals surface area contributed by atoms with Gasteiger partial charge in [-0.05, 0) is 19.8 Å². The molecule has 0 saturated carbocycles. The van der Waals surface area contributed by atoms with Gasteiger partial charge in [-0.3, -0.25) is 0 Å². The quantitative estimate of drug-likeness (QED) is 0.843. The van der Waals surface area contributed by atoms with Gasteiger partial charge in [-0.25, -0.2) is 9.97 Å².